The average Bonchev–Trinajstić information content (AvgIpc) is 2.75. The zero-order valence-corrected chi connectivity index (χ0v) is 12.3. The van der Waals surface area contributed by atoms with Gasteiger partial charge in [-0.15, -0.1) is 11.3 Å². The minimum Gasteiger partial charge on any atom is -0.461 e. The van der Waals surface area contributed by atoms with Crippen LogP contribution in [0, 0.1) is 20.8 Å². The number of anilines is 1. The Balaban J connectivity index is 2.31. The summed E-state index contributed by atoms with van der Waals surface area (Å²) in [5.41, 5.74) is 8.69. The molecule has 0 aliphatic carbocycles. The summed E-state index contributed by atoms with van der Waals surface area (Å²) in [6.07, 6.45) is 0. The molecule has 0 bridgehead atoms. The third kappa shape index (κ3) is 1.91. The zero-order valence-electron chi connectivity index (χ0n) is 11.5. The summed E-state index contributed by atoms with van der Waals surface area (Å²) >= 11 is 1.44. The molecular weight excluding hydrogens is 272 g/mol. The number of hydrogen-bond donors (Lipinski definition) is 1. The third-order valence-electron chi connectivity index (χ3n) is 3.44. The van der Waals surface area contributed by atoms with Crippen LogP contribution in [0.25, 0.3) is 22.2 Å². The number of nitrogen functional groups attached to an aromatic ring is 1. The Morgan fingerprint density at radius 1 is 1.25 bits per heavy atom. The molecule has 0 amide bonds. The summed E-state index contributed by atoms with van der Waals surface area (Å²) in [4.78, 5) is 17.7. The fourth-order valence-electron chi connectivity index (χ4n) is 2.23. The van der Waals surface area contributed by atoms with Crippen molar-refractivity contribution in [2.45, 2.75) is 20.8 Å². The fraction of sp³-hybridized carbons (Fsp3) is 0.200. The molecule has 3 aromatic rings. The van der Waals surface area contributed by atoms with Crippen molar-refractivity contribution in [1.82, 2.24) is 4.98 Å². The summed E-state index contributed by atoms with van der Waals surface area (Å²) in [5, 5.41) is 1.11. The molecule has 5 heteroatoms. The molecule has 0 aliphatic heterocycles. The van der Waals surface area contributed by atoms with E-state index >= 15 is 0 Å². The summed E-state index contributed by atoms with van der Waals surface area (Å²) in [6, 6.07) is 5.55. The highest BCUT2D eigenvalue weighted by Crippen LogP contribution is 2.30. The van der Waals surface area contributed by atoms with Gasteiger partial charge in [0, 0.05) is 16.0 Å². The van der Waals surface area contributed by atoms with Gasteiger partial charge in [0.05, 0.1) is 11.1 Å². The maximum Gasteiger partial charge on any atom is 0.195 e. The predicted molar refractivity (Wildman–Crippen MR) is 82.2 cm³/mol. The van der Waals surface area contributed by atoms with Crippen LogP contribution in [-0.4, -0.2) is 4.98 Å². The summed E-state index contributed by atoms with van der Waals surface area (Å²) in [7, 11) is 0. The largest absolute Gasteiger partial charge is 0.461 e. The number of rotatable bonds is 1. The highest BCUT2D eigenvalue weighted by Gasteiger charge is 2.12. The standard InChI is InChI=1S/C15H14N2O2S/c1-7-8(2)19-12-5-4-10(6-11(12)14(7)18)13-9(3)20-15(16)17-13/h4-6H,1-3H3,(H2,16,17). The molecule has 0 radical (unpaired) electrons. The molecule has 2 aromatic heterocycles. The maximum absolute atomic E-state index is 12.3. The van der Waals surface area contributed by atoms with Gasteiger partial charge in [-0.05, 0) is 39.0 Å². The Bertz CT molecular complexity index is 877. The number of thiazole rings is 1. The minimum atomic E-state index is 0.00598. The van der Waals surface area contributed by atoms with E-state index in [9.17, 15) is 4.79 Å². The van der Waals surface area contributed by atoms with E-state index in [0.29, 0.717) is 27.4 Å². The van der Waals surface area contributed by atoms with Crippen LogP contribution in [-0.2, 0) is 0 Å². The molecule has 4 nitrogen and oxygen atoms in total. The van der Waals surface area contributed by atoms with Gasteiger partial charge >= 0.3 is 0 Å². The molecular formula is C15H14N2O2S. The zero-order chi connectivity index (χ0) is 14.4. The number of hydrogen-bond acceptors (Lipinski definition) is 5. The molecule has 2 heterocycles. The normalized spacial score (nSPS) is 11.2. The first-order chi connectivity index (χ1) is 9.47. The number of fused-ring (bicyclic) bond motifs is 1. The Labute approximate surface area is 119 Å². The monoisotopic (exact) mass is 286 g/mol. The highest BCUT2D eigenvalue weighted by atomic mass is 32.1. The van der Waals surface area contributed by atoms with E-state index in [2.05, 4.69) is 4.98 Å². The lowest BCUT2D eigenvalue weighted by atomic mass is 10.1. The molecule has 3 rings (SSSR count). The van der Waals surface area contributed by atoms with Crippen LogP contribution in [0.2, 0.25) is 0 Å². The third-order valence-corrected chi connectivity index (χ3v) is 4.24. The van der Waals surface area contributed by atoms with E-state index in [1.165, 1.54) is 11.3 Å². The van der Waals surface area contributed by atoms with Crippen molar-refractivity contribution in [3.8, 4) is 11.3 Å². The van der Waals surface area contributed by atoms with Crippen LogP contribution >= 0.6 is 11.3 Å². The summed E-state index contributed by atoms with van der Waals surface area (Å²) in [5.74, 6) is 0.657. The second-order valence-corrected chi connectivity index (χ2v) is 6.01. The van der Waals surface area contributed by atoms with Gasteiger partial charge in [0.1, 0.15) is 11.3 Å². The first-order valence-electron chi connectivity index (χ1n) is 6.24. The van der Waals surface area contributed by atoms with Crippen LogP contribution in [0.3, 0.4) is 0 Å². The molecule has 0 aliphatic rings. The minimum absolute atomic E-state index is 0.00598. The number of aromatic nitrogens is 1. The number of nitrogens with zero attached hydrogens (tertiary/aromatic N) is 1. The highest BCUT2D eigenvalue weighted by molar-refractivity contribution is 7.15. The van der Waals surface area contributed by atoms with Crippen molar-refractivity contribution < 1.29 is 4.42 Å². The van der Waals surface area contributed by atoms with E-state index < -0.39 is 0 Å². The number of benzene rings is 1. The molecule has 0 unspecified atom stereocenters. The van der Waals surface area contributed by atoms with Gasteiger partial charge in [-0.2, -0.15) is 0 Å². The van der Waals surface area contributed by atoms with E-state index in [0.717, 1.165) is 16.1 Å². The summed E-state index contributed by atoms with van der Waals surface area (Å²) < 4.78 is 5.66. The first kappa shape index (κ1) is 12.9. The second kappa shape index (κ2) is 4.45. The Morgan fingerprint density at radius 2 is 2.00 bits per heavy atom. The van der Waals surface area contributed by atoms with E-state index in [4.69, 9.17) is 10.2 Å². The van der Waals surface area contributed by atoms with Crippen LogP contribution < -0.4 is 11.2 Å². The van der Waals surface area contributed by atoms with Gasteiger partial charge in [-0.1, -0.05) is 0 Å². The molecule has 102 valence electrons. The molecule has 0 spiro atoms. The van der Waals surface area contributed by atoms with Gasteiger partial charge in [0.25, 0.3) is 0 Å². The second-order valence-electron chi connectivity index (χ2n) is 4.78. The van der Waals surface area contributed by atoms with Gasteiger partial charge in [-0.3, -0.25) is 4.79 Å². The van der Waals surface area contributed by atoms with Gasteiger partial charge in [-0.25, -0.2) is 4.98 Å². The Morgan fingerprint density at radius 3 is 2.65 bits per heavy atom. The fourth-order valence-corrected chi connectivity index (χ4v) is 2.94. The van der Waals surface area contributed by atoms with Crippen LogP contribution in [0.4, 0.5) is 5.13 Å². The van der Waals surface area contributed by atoms with Crippen molar-refractivity contribution >= 4 is 27.4 Å². The topological polar surface area (TPSA) is 69.1 Å². The maximum atomic E-state index is 12.3. The van der Waals surface area contributed by atoms with Gasteiger partial charge in [0.15, 0.2) is 10.6 Å². The molecule has 1 aromatic carbocycles. The van der Waals surface area contributed by atoms with Crippen molar-refractivity contribution in [3.05, 3.63) is 44.6 Å². The first-order valence-corrected chi connectivity index (χ1v) is 7.06. The lowest BCUT2D eigenvalue weighted by Gasteiger charge is -2.04. The Kier molecular flexibility index (Phi) is 2.87. The predicted octanol–water partition coefficient (Wildman–Crippen LogP) is 3.42. The quantitative estimate of drug-likeness (QED) is 0.744. The van der Waals surface area contributed by atoms with Crippen molar-refractivity contribution in [3.63, 3.8) is 0 Å². The smallest absolute Gasteiger partial charge is 0.195 e. The average molecular weight is 286 g/mol. The SMILES string of the molecule is Cc1oc2ccc(-c3nc(N)sc3C)cc2c(=O)c1C. The summed E-state index contributed by atoms with van der Waals surface area (Å²) in [6.45, 7) is 5.55. The molecule has 2 N–H and O–H groups in total. The lowest BCUT2D eigenvalue weighted by molar-refractivity contribution is 0.559. The van der Waals surface area contributed by atoms with Crippen molar-refractivity contribution in [2.75, 3.05) is 5.73 Å². The van der Waals surface area contributed by atoms with Gasteiger partial charge in [0.2, 0.25) is 0 Å². The van der Waals surface area contributed by atoms with E-state index in [-0.39, 0.29) is 5.43 Å². The van der Waals surface area contributed by atoms with Crippen LogP contribution in [0.1, 0.15) is 16.2 Å². The molecule has 0 fully saturated rings. The molecule has 0 saturated heterocycles. The Hall–Kier alpha value is -2.14. The van der Waals surface area contributed by atoms with Crippen LogP contribution in [0.5, 0.6) is 0 Å². The van der Waals surface area contributed by atoms with Crippen molar-refractivity contribution in [2.24, 2.45) is 0 Å². The van der Waals surface area contributed by atoms with Gasteiger partial charge < -0.3 is 10.2 Å². The lowest BCUT2D eigenvalue weighted by Crippen LogP contribution is -2.07. The molecule has 0 saturated carbocycles. The molecule has 0 atom stereocenters. The molecule has 20 heavy (non-hydrogen) atoms. The van der Waals surface area contributed by atoms with E-state index in [1.54, 1.807) is 13.8 Å². The number of aryl methyl sites for hydroxylation is 2. The van der Waals surface area contributed by atoms with Crippen LogP contribution in [0.15, 0.2) is 27.4 Å². The van der Waals surface area contributed by atoms with E-state index in [1.807, 2.05) is 25.1 Å². The number of nitrogens with two attached hydrogens (primary N) is 1. The van der Waals surface area contributed by atoms with Crippen molar-refractivity contribution in [1.29, 1.82) is 0 Å².